The second-order valence-corrected chi connectivity index (χ2v) is 6.01. The molecule has 0 unspecified atom stereocenters. The third kappa shape index (κ3) is 4.82. The summed E-state index contributed by atoms with van der Waals surface area (Å²) in [6, 6.07) is 5.98. The number of hydrogen-bond donors (Lipinski definition) is 2. The lowest BCUT2D eigenvalue weighted by Crippen LogP contribution is -2.42. The van der Waals surface area contributed by atoms with E-state index < -0.39 is 17.7 Å². The van der Waals surface area contributed by atoms with Crippen LogP contribution in [-0.2, 0) is 4.74 Å². The minimum Gasteiger partial charge on any atom is -0.444 e. The summed E-state index contributed by atoms with van der Waals surface area (Å²) in [5.41, 5.74) is 5.73. The van der Waals surface area contributed by atoms with Crippen LogP contribution in [0.25, 0.3) is 0 Å². The Morgan fingerprint density at radius 3 is 2.33 bits per heavy atom. The summed E-state index contributed by atoms with van der Waals surface area (Å²) in [6.07, 6.45) is -0.575. The number of likely N-dealkylation sites (N-methyl/N-ethyl adjacent to an activating group) is 1. The van der Waals surface area contributed by atoms with E-state index in [1.54, 1.807) is 45.0 Å². The van der Waals surface area contributed by atoms with Crippen LogP contribution in [0.5, 0.6) is 0 Å². The second-order valence-electron chi connectivity index (χ2n) is 5.57. The third-order valence-electron chi connectivity index (χ3n) is 2.65. The standard InChI is InChI=1S/C14H20ClN3O3/c1-14(2,3)21-13(19)18(4)11(12(16)17-20)9-5-7-10(15)8-6-9/h5-8,11,20H,1-4H3,(H2,16,17)/t11-/m1/s1. The maximum absolute atomic E-state index is 12.1. The highest BCUT2D eigenvalue weighted by Crippen LogP contribution is 2.23. The van der Waals surface area contributed by atoms with Crippen molar-refractivity contribution in [2.75, 3.05) is 7.05 Å². The number of rotatable bonds is 3. The van der Waals surface area contributed by atoms with Gasteiger partial charge in [0.2, 0.25) is 0 Å². The fourth-order valence-corrected chi connectivity index (χ4v) is 1.86. The highest BCUT2D eigenvalue weighted by atomic mass is 35.5. The molecule has 21 heavy (non-hydrogen) atoms. The van der Waals surface area contributed by atoms with E-state index in [-0.39, 0.29) is 5.84 Å². The van der Waals surface area contributed by atoms with Gasteiger partial charge in [-0.2, -0.15) is 0 Å². The van der Waals surface area contributed by atoms with Gasteiger partial charge in [0.25, 0.3) is 0 Å². The molecule has 0 radical (unpaired) electrons. The summed E-state index contributed by atoms with van der Waals surface area (Å²) in [7, 11) is 1.52. The van der Waals surface area contributed by atoms with Gasteiger partial charge in [-0.05, 0) is 38.5 Å². The van der Waals surface area contributed by atoms with Gasteiger partial charge in [-0.3, -0.25) is 4.90 Å². The average Bonchev–Trinajstić information content (AvgIpc) is 2.38. The lowest BCUT2D eigenvalue weighted by Gasteiger charge is -2.30. The van der Waals surface area contributed by atoms with Crippen LogP contribution in [0.4, 0.5) is 4.79 Å². The molecule has 0 saturated heterocycles. The van der Waals surface area contributed by atoms with Crippen LogP contribution in [-0.4, -0.2) is 34.7 Å². The van der Waals surface area contributed by atoms with E-state index >= 15 is 0 Å². The Bertz CT molecular complexity index is 523. The molecule has 0 heterocycles. The highest BCUT2D eigenvalue weighted by molar-refractivity contribution is 6.30. The Morgan fingerprint density at radius 1 is 1.38 bits per heavy atom. The van der Waals surface area contributed by atoms with Gasteiger partial charge in [0.1, 0.15) is 11.6 Å². The molecule has 1 aromatic carbocycles. The maximum atomic E-state index is 12.1. The summed E-state index contributed by atoms with van der Waals surface area (Å²) in [5.74, 6) is -0.120. The smallest absolute Gasteiger partial charge is 0.410 e. The number of nitrogens with zero attached hydrogens (tertiary/aromatic N) is 2. The molecule has 0 fully saturated rings. The molecule has 7 heteroatoms. The number of benzene rings is 1. The largest absolute Gasteiger partial charge is 0.444 e. The molecule has 1 rings (SSSR count). The highest BCUT2D eigenvalue weighted by Gasteiger charge is 2.29. The first-order valence-electron chi connectivity index (χ1n) is 6.34. The Kier molecular flexibility index (Phi) is 5.43. The van der Waals surface area contributed by atoms with Crippen LogP contribution >= 0.6 is 11.6 Å². The normalized spacial score (nSPS) is 13.7. The predicted molar refractivity (Wildman–Crippen MR) is 81.6 cm³/mol. The van der Waals surface area contributed by atoms with Crippen LogP contribution < -0.4 is 5.73 Å². The van der Waals surface area contributed by atoms with Gasteiger partial charge in [0.05, 0.1) is 0 Å². The van der Waals surface area contributed by atoms with E-state index in [2.05, 4.69) is 5.16 Å². The zero-order valence-corrected chi connectivity index (χ0v) is 13.3. The van der Waals surface area contributed by atoms with Gasteiger partial charge in [-0.15, -0.1) is 0 Å². The predicted octanol–water partition coefficient (Wildman–Crippen LogP) is 2.99. The van der Waals surface area contributed by atoms with E-state index in [1.807, 2.05) is 0 Å². The maximum Gasteiger partial charge on any atom is 0.410 e. The molecule has 1 atom stereocenters. The van der Waals surface area contributed by atoms with Crippen LogP contribution in [0.2, 0.25) is 5.02 Å². The van der Waals surface area contributed by atoms with Crippen molar-refractivity contribution in [1.29, 1.82) is 0 Å². The Morgan fingerprint density at radius 2 is 1.90 bits per heavy atom. The van der Waals surface area contributed by atoms with Crippen molar-refractivity contribution < 1.29 is 14.7 Å². The van der Waals surface area contributed by atoms with Gasteiger partial charge in [-0.1, -0.05) is 28.9 Å². The van der Waals surface area contributed by atoms with E-state index in [9.17, 15) is 4.79 Å². The first-order valence-corrected chi connectivity index (χ1v) is 6.72. The third-order valence-corrected chi connectivity index (χ3v) is 2.90. The Hall–Kier alpha value is -1.95. The molecule has 0 aliphatic rings. The Labute approximate surface area is 129 Å². The first-order chi connectivity index (χ1) is 9.65. The van der Waals surface area contributed by atoms with Crippen LogP contribution in [0.15, 0.2) is 29.4 Å². The molecule has 0 bridgehead atoms. The average molecular weight is 314 g/mol. The molecule has 0 spiro atoms. The summed E-state index contributed by atoms with van der Waals surface area (Å²) in [4.78, 5) is 13.4. The summed E-state index contributed by atoms with van der Waals surface area (Å²) >= 11 is 5.84. The molecule has 6 nitrogen and oxygen atoms in total. The number of hydrogen-bond acceptors (Lipinski definition) is 4. The van der Waals surface area contributed by atoms with Crippen molar-refractivity contribution in [1.82, 2.24) is 4.90 Å². The molecular formula is C14H20ClN3O3. The minimum atomic E-state index is -0.748. The molecule has 0 saturated carbocycles. The quantitative estimate of drug-likeness (QED) is 0.388. The second kappa shape index (κ2) is 6.67. The van der Waals surface area contributed by atoms with E-state index in [1.165, 1.54) is 11.9 Å². The zero-order chi connectivity index (χ0) is 16.2. The SMILES string of the molecule is CN(C(=O)OC(C)(C)C)[C@@H](C(N)=NO)c1ccc(Cl)cc1. The lowest BCUT2D eigenvalue weighted by atomic mass is 10.1. The number of ether oxygens (including phenoxy) is 1. The summed E-state index contributed by atoms with van der Waals surface area (Å²) in [6.45, 7) is 5.29. The van der Waals surface area contributed by atoms with Crippen molar-refractivity contribution >= 4 is 23.5 Å². The van der Waals surface area contributed by atoms with Gasteiger partial charge in [0.15, 0.2) is 5.84 Å². The van der Waals surface area contributed by atoms with Crippen LogP contribution in [0, 0.1) is 0 Å². The van der Waals surface area contributed by atoms with Crippen LogP contribution in [0.1, 0.15) is 32.4 Å². The van der Waals surface area contributed by atoms with Crippen LogP contribution in [0.3, 0.4) is 0 Å². The first kappa shape index (κ1) is 17.1. The number of carbonyl (C=O) groups excluding carboxylic acids is 1. The molecular weight excluding hydrogens is 294 g/mol. The van der Waals surface area contributed by atoms with Gasteiger partial charge in [0, 0.05) is 12.1 Å². The zero-order valence-electron chi connectivity index (χ0n) is 12.5. The number of halogens is 1. The van der Waals surface area contributed by atoms with Crippen molar-refractivity contribution in [2.45, 2.75) is 32.4 Å². The van der Waals surface area contributed by atoms with Gasteiger partial charge >= 0.3 is 6.09 Å². The molecule has 0 aliphatic heterocycles. The van der Waals surface area contributed by atoms with Gasteiger partial charge in [-0.25, -0.2) is 4.79 Å². The molecule has 0 aromatic heterocycles. The number of oxime groups is 1. The van der Waals surface area contributed by atoms with Crippen molar-refractivity contribution in [3.05, 3.63) is 34.9 Å². The fourth-order valence-electron chi connectivity index (χ4n) is 1.73. The molecule has 1 aromatic rings. The van der Waals surface area contributed by atoms with Gasteiger partial charge < -0.3 is 15.7 Å². The van der Waals surface area contributed by atoms with Crippen molar-refractivity contribution in [3.63, 3.8) is 0 Å². The molecule has 0 aliphatic carbocycles. The Balaban J connectivity index is 3.08. The van der Waals surface area contributed by atoms with Crippen molar-refractivity contribution in [3.8, 4) is 0 Å². The summed E-state index contributed by atoms with van der Waals surface area (Å²) in [5, 5.41) is 12.5. The molecule has 116 valence electrons. The fraction of sp³-hybridized carbons (Fsp3) is 0.429. The van der Waals surface area contributed by atoms with Crippen molar-refractivity contribution in [2.24, 2.45) is 10.9 Å². The van der Waals surface area contributed by atoms with E-state index in [0.717, 1.165) is 0 Å². The molecule has 3 N–H and O–H groups in total. The van der Waals surface area contributed by atoms with E-state index in [0.29, 0.717) is 10.6 Å². The molecule has 1 amide bonds. The number of amidine groups is 1. The number of carbonyl (C=O) groups is 1. The monoisotopic (exact) mass is 313 g/mol. The van der Waals surface area contributed by atoms with E-state index in [4.69, 9.17) is 27.3 Å². The summed E-state index contributed by atoms with van der Waals surface area (Å²) < 4.78 is 5.29. The topological polar surface area (TPSA) is 88.2 Å². The number of amides is 1. The number of nitrogens with two attached hydrogens (primary N) is 1. The lowest BCUT2D eigenvalue weighted by molar-refractivity contribution is 0.0263. The minimum absolute atomic E-state index is 0.120.